The number of rotatable bonds is 5. The molecule has 19 heavy (non-hydrogen) atoms. The molecule has 0 fully saturated rings. The molecule has 2 aromatic rings. The lowest BCUT2D eigenvalue weighted by Gasteiger charge is -2.04. The molecular formula is C16H17NO2. The predicted molar refractivity (Wildman–Crippen MR) is 77.8 cm³/mol. The number of hydrogen-bond acceptors (Lipinski definition) is 2. The van der Waals surface area contributed by atoms with Gasteiger partial charge in [-0.2, -0.15) is 0 Å². The lowest BCUT2D eigenvalue weighted by atomic mass is 10.2. The molecule has 0 aliphatic rings. The van der Waals surface area contributed by atoms with Crippen LogP contribution in [0, 0.1) is 0 Å². The average molecular weight is 255 g/mol. The number of carbonyl (C=O) groups excluding carboxylic acids is 1. The van der Waals surface area contributed by atoms with Gasteiger partial charge in [0.2, 0.25) is 0 Å². The second-order valence-corrected chi connectivity index (χ2v) is 4.11. The highest BCUT2D eigenvalue weighted by atomic mass is 16.5. The van der Waals surface area contributed by atoms with Crippen LogP contribution in [0.25, 0.3) is 17.0 Å². The average Bonchev–Trinajstić information content (AvgIpc) is 2.76. The first-order chi connectivity index (χ1) is 9.26. The normalized spacial score (nSPS) is 11.0. The fraction of sp³-hybridized carbons (Fsp3) is 0.188. The number of hydrogen-bond donors (Lipinski definition) is 0. The number of nitrogens with zero attached hydrogens (tertiary/aromatic N) is 1. The van der Waals surface area contributed by atoms with Gasteiger partial charge in [0, 0.05) is 29.2 Å². The minimum Gasteiger partial charge on any atom is -0.463 e. The molecule has 0 unspecified atom stereocenters. The van der Waals surface area contributed by atoms with Gasteiger partial charge in [-0.1, -0.05) is 24.3 Å². The third-order valence-electron chi connectivity index (χ3n) is 2.83. The number of allylic oxidation sites excluding steroid dienone is 1. The van der Waals surface area contributed by atoms with Crippen molar-refractivity contribution in [1.82, 2.24) is 4.57 Å². The van der Waals surface area contributed by atoms with Crippen molar-refractivity contribution in [2.75, 3.05) is 6.61 Å². The fourth-order valence-corrected chi connectivity index (χ4v) is 2.05. The SMILES string of the molecule is C=CCn1c(/C=C/C(=O)OCC)cc2ccccc21. The van der Waals surface area contributed by atoms with E-state index in [9.17, 15) is 4.79 Å². The van der Waals surface area contributed by atoms with Gasteiger partial charge >= 0.3 is 5.97 Å². The summed E-state index contributed by atoms with van der Waals surface area (Å²) in [5, 5.41) is 1.15. The predicted octanol–water partition coefficient (Wildman–Crippen LogP) is 3.40. The van der Waals surface area contributed by atoms with E-state index in [1.807, 2.05) is 18.2 Å². The van der Waals surface area contributed by atoms with E-state index in [1.165, 1.54) is 6.08 Å². The Bertz CT molecular complexity index is 623. The van der Waals surface area contributed by atoms with E-state index in [4.69, 9.17) is 4.74 Å². The zero-order valence-electron chi connectivity index (χ0n) is 11.0. The molecule has 1 heterocycles. The maximum absolute atomic E-state index is 11.4. The molecule has 0 bridgehead atoms. The second kappa shape index (κ2) is 6.05. The Balaban J connectivity index is 2.38. The molecule has 1 aromatic carbocycles. The van der Waals surface area contributed by atoms with Gasteiger partial charge in [0.05, 0.1) is 6.61 Å². The number of ether oxygens (including phenoxy) is 1. The van der Waals surface area contributed by atoms with Crippen molar-refractivity contribution < 1.29 is 9.53 Å². The molecule has 0 aliphatic heterocycles. The Labute approximate surface area is 112 Å². The van der Waals surface area contributed by atoms with Crippen LogP contribution >= 0.6 is 0 Å². The molecule has 0 amide bonds. The van der Waals surface area contributed by atoms with Crippen LogP contribution < -0.4 is 0 Å². The van der Waals surface area contributed by atoms with Gasteiger partial charge in [-0.15, -0.1) is 6.58 Å². The summed E-state index contributed by atoms with van der Waals surface area (Å²) in [6.45, 7) is 6.66. The van der Waals surface area contributed by atoms with Gasteiger partial charge in [0.1, 0.15) is 0 Å². The third-order valence-corrected chi connectivity index (χ3v) is 2.83. The molecular weight excluding hydrogens is 238 g/mol. The van der Waals surface area contributed by atoms with Crippen molar-refractivity contribution in [2.45, 2.75) is 13.5 Å². The van der Waals surface area contributed by atoms with E-state index in [2.05, 4.69) is 29.3 Å². The molecule has 0 saturated carbocycles. The molecule has 0 aliphatic carbocycles. The molecule has 3 nitrogen and oxygen atoms in total. The van der Waals surface area contributed by atoms with Crippen molar-refractivity contribution in [3.05, 3.63) is 54.8 Å². The van der Waals surface area contributed by atoms with Crippen molar-refractivity contribution in [1.29, 1.82) is 0 Å². The molecule has 98 valence electrons. The lowest BCUT2D eigenvalue weighted by molar-refractivity contribution is -0.137. The topological polar surface area (TPSA) is 31.2 Å². The maximum Gasteiger partial charge on any atom is 0.330 e. The van der Waals surface area contributed by atoms with E-state index in [0.717, 1.165) is 16.6 Å². The Morgan fingerprint density at radius 2 is 2.21 bits per heavy atom. The smallest absolute Gasteiger partial charge is 0.330 e. The number of carbonyl (C=O) groups is 1. The number of esters is 1. The molecule has 0 saturated heterocycles. The van der Waals surface area contributed by atoms with Gasteiger partial charge in [0.25, 0.3) is 0 Å². The van der Waals surface area contributed by atoms with Crippen molar-refractivity contribution in [3.8, 4) is 0 Å². The number of fused-ring (bicyclic) bond motifs is 1. The van der Waals surface area contributed by atoms with Crippen molar-refractivity contribution in [2.24, 2.45) is 0 Å². The van der Waals surface area contributed by atoms with Gasteiger partial charge in [-0.05, 0) is 25.1 Å². The first-order valence-electron chi connectivity index (χ1n) is 6.30. The quantitative estimate of drug-likeness (QED) is 0.466. The van der Waals surface area contributed by atoms with Gasteiger partial charge < -0.3 is 9.30 Å². The van der Waals surface area contributed by atoms with Crippen LogP contribution in [-0.4, -0.2) is 17.1 Å². The Morgan fingerprint density at radius 3 is 2.95 bits per heavy atom. The Kier molecular flexibility index (Phi) is 4.18. The summed E-state index contributed by atoms with van der Waals surface area (Å²) in [4.78, 5) is 11.4. The van der Waals surface area contributed by atoms with Gasteiger partial charge in [-0.25, -0.2) is 4.79 Å². The minimum atomic E-state index is -0.321. The molecule has 3 heteroatoms. The summed E-state index contributed by atoms with van der Waals surface area (Å²) in [7, 11) is 0. The summed E-state index contributed by atoms with van der Waals surface area (Å²) in [5.74, 6) is -0.321. The first kappa shape index (κ1) is 13.1. The van der Waals surface area contributed by atoms with Crippen molar-refractivity contribution in [3.63, 3.8) is 0 Å². The van der Waals surface area contributed by atoms with Crippen LogP contribution in [0.3, 0.4) is 0 Å². The van der Waals surface area contributed by atoms with Crippen LogP contribution in [-0.2, 0) is 16.1 Å². The fourth-order valence-electron chi connectivity index (χ4n) is 2.05. The summed E-state index contributed by atoms with van der Waals surface area (Å²) in [6.07, 6.45) is 5.08. The van der Waals surface area contributed by atoms with E-state index < -0.39 is 0 Å². The zero-order chi connectivity index (χ0) is 13.7. The summed E-state index contributed by atoms with van der Waals surface area (Å²) >= 11 is 0. The molecule has 0 spiro atoms. The standard InChI is InChI=1S/C16H17NO2/c1-3-11-17-14(9-10-16(18)19-4-2)12-13-7-5-6-8-15(13)17/h3,5-10,12H,1,4,11H2,2H3/b10-9+. The maximum atomic E-state index is 11.4. The lowest BCUT2D eigenvalue weighted by Crippen LogP contribution is -2.00. The molecule has 1 aromatic heterocycles. The second-order valence-electron chi connectivity index (χ2n) is 4.11. The summed E-state index contributed by atoms with van der Waals surface area (Å²) in [6, 6.07) is 10.2. The third kappa shape index (κ3) is 2.94. The Hall–Kier alpha value is -2.29. The summed E-state index contributed by atoms with van der Waals surface area (Å²) in [5.41, 5.74) is 2.10. The van der Waals surface area contributed by atoms with Gasteiger partial charge in [-0.3, -0.25) is 0 Å². The highest BCUT2D eigenvalue weighted by molar-refractivity contribution is 5.89. The summed E-state index contributed by atoms with van der Waals surface area (Å²) < 4.78 is 6.99. The molecule has 2 rings (SSSR count). The molecule has 0 atom stereocenters. The van der Waals surface area contributed by atoms with E-state index >= 15 is 0 Å². The van der Waals surface area contributed by atoms with Crippen molar-refractivity contribution >= 4 is 22.9 Å². The van der Waals surface area contributed by atoms with Crippen LogP contribution in [0.1, 0.15) is 12.6 Å². The van der Waals surface area contributed by atoms with E-state index in [1.54, 1.807) is 13.0 Å². The highest BCUT2D eigenvalue weighted by Crippen LogP contribution is 2.20. The molecule has 0 N–H and O–H groups in total. The largest absolute Gasteiger partial charge is 0.463 e. The van der Waals surface area contributed by atoms with Gasteiger partial charge in [0.15, 0.2) is 0 Å². The number of benzene rings is 1. The monoisotopic (exact) mass is 255 g/mol. The number of para-hydroxylation sites is 1. The van der Waals surface area contributed by atoms with Crippen LogP contribution in [0.15, 0.2) is 49.1 Å². The van der Waals surface area contributed by atoms with Crippen LogP contribution in [0.2, 0.25) is 0 Å². The number of aromatic nitrogens is 1. The van der Waals surface area contributed by atoms with E-state index in [-0.39, 0.29) is 5.97 Å². The first-order valence-corrected chi connectivity index (χ1v) is 6.30. The Morgan fingerprint density at radius 1 is 1.42 bits per heavy atom. The van der Waals surface area contributed by atoms with Crippen LogP contribution in [0.5, 0.6) is 0 Å². The zero-order valence-corrected chi connectivity index (χ0v) is 11.0. The van der Waals surface area contributed by atoms with Crippen LogP contribution in [0.4, 0.5) is 0 Å². The molecule has 0 radical (unpaired) electrons. The van der Waals surface area contributed by atoms with E-state index in [0.29, 0.717) is 13.2 Å². The minimum absolute atomic E-state index is 0.321. The highest BCUT2D eigenvalue weighted by Gasteiger charge is 2.05.